The van der Waals surface area contributed by atoms with E-state index in [1.807, 2.05) is 0 Å². The van der Waals surface area contributed by atoms with Crippen molar-refractivity contribution in [3.05, 3.63) is 29.3 Å². The minimum atomic E-state index is -3.37. The number of rotatable bonds is 4. The van der Waals surface area contributed by atoms with Gasteiger partial charge in [0.15, 0.2) is 17.7 Å². The van der Waals surface area contributed by atoms with Crippen LogP contribution in [0.25, 0.3) is 0 Å². The highest BCUT2D eigenvalue weighted by atomic mass is 19.3. The van der Waals surface area contributed by atoms with Crippen LogP contribution < -0.4 is 4.74 Å². The number of halogens is 4. The predicted molar refractivity (Wildman–Crippen MR) is 66.9 cm³/mol. The largest absolute Gasteiger partial charge is 0.479 e. The third kappa shape index (κ3) is 2.87. The number of carboxylic acid groups (broad SMARTS) is 1. The molecule has 2 rings (SSSR count). The minimum Gasteiger partial charge on any atom is -0.479 e. The van der Waals surface area contributed by atoms with Gasteiger partial charge in [0.25, 0.3) is 0 Å². The van der Waals surface area contributed by atoms with Crippen LogP contribution in [0, 0.1) is 17.6 Å². The van der Waals surface area contributed by atoms with Crippen molar-refractivity contribution in [1.82, 2.24) is 0 Å². The summed E-state index contributed by atoms with van der Waals surface area (Å²) in [5.41, 5.74) is -0.150. The van der Waals surface area contributed by atoms with Crippen molar-refractivity contribution in [3.8, 4) is 5.75 Å². The first-order valence-electron chi connectivity index (χ1n) is 6.55. The summed E-state index contributed by atoms with van der Waals surface area (Å²) in [4.78, 5) is 11.3. The van der Waals surface area contributed by atoms with E-state index in [0.29, 0.717) is 0 Å². The molecular weight excluding hydrogens is 308 g/mol. The van der Waals surface area contributed by atoms with Crippen LogP contribution in [0.4, 0.5) is 17.6 Å². The van der Waals surface area contributed by atoms with Crippen LogP contribution >= 0.6 is 0 Å². The molecule has 1 fully saturated rings. The molecule has 0 saturated carbocycles. The Morgan fingerprint density at radius 2 is 1.95 bits per heavy atom. The van der Waals surface area contributed by atoms with Crippen molar-refractivity contribution in [1.29, 1.82) is 0 Å². The van der Waals surface area contributed by atoms with Gasteiger partial charge in [0, 0.05) is 11.5 Å². The molecule has 1 aliphatic heterocycles. The molecule has 1 unspecified atom stereocenters. The first kappa shape index (κ1) is 16.5. The maximum atomic E-state index is 13.8. The first-order valence-corrected chi connectivity index (χ1v) is 6.55. The van der Waals surface area contributed by atoms with Gasteiger partial charge < -0.3 is 14.6 Å². The standard InChI is InChI=1S/C14H14F4O4/c1-5-6(2)21-12(13(19)20)9(5)7-3-4-8(15)10(16)11(7)22-14(17)18/h3-6,9,12,14H,1-2H3,(H,19,20)/t5-,6-,9?,12-/m1/s1. The Labute approximate surface area is 123 Å². The summed E-state index contributed by atoms with van der Waals surface area (Å²) in [6, 6.07) is 1.80. The molecular formula is C14H14F4O4. The lowest BCUT2D eigenvalue weighted by Gasteiger charge is -2.22. The van der Waals surface area contributed by atoms with Gasteiger partial charge in [-0.05, 0) is 18.9 Å². The molecule has 0 radical (unpaired) electrons. The molecule has 0 aliphatic carbocycles. The van der Waals surface area contributed by atoms with E-state index >= 15 is 0 Å². The molecule has 0 aromatic heterocycles. The molecule has 4 nitrogen and oxygen atoms in total. The van der Waals surface area contributed by atoms with Crippen molar-refractivity contribution in [2.75, 3.05) is 0 Å². The predicted octanol–water partition coefficient (Wildman–Crippen LogP) is 3.16. The molecule has 1 N–H and O–H groups in total. The fourth-order valence-electron chi connectivity index (χ4n) is 2.68. The zero-order chi connectivity index (χ0) is 16.6. The van der Waals surface area contributed by atoms with E-state index in [2.05, 4.69) is 4.74 Å². The molecule has 0 spiro atoms. The van der Waals surface area contributed by atoms with Crippen molar-refractivity contribution in [3.63, 3.8) is 0 Å². The third-order valence-electron chi connectivity index (χ3n) is 3.88. The van der Waals surface area contributed by atoms with Crippen molar-refractivity contribution < 1.29 is 36.9 Å². The van der Waals surface area contributed by atoms with Crippen molar-refractivity contribution in [2.24, 2.45) is 5.92 Å². The van der Waals surface area contributed by atoms with E-state index in [1.165, 1.54) is 0 Å². The molecule has 0 bridgehead atoms. The number of aliphatic carboxylic acids is 1. The molecule has 4 atom stereocenters. The van der Waals surface area contributed by atoms with Crippen molar-refractivity contribution in [2.45, 2.75) is 38.6 Å². The second-order valence-corrected chi connectivity index (χ2v) is 5.14. The second kappa shape index (κ2) is 6.12. The Bertz CT molecular complexity index is 578. The highest BCUT2D eigenvalue weighted by Gasteiger charge is 2.46. The Morgan fingerprint density at radius 1 is 1.32 bits per heavy atom. The monoisotopic (exact) mass is 322 g/mol. The van der Waals surface area contributed by atoms with E-state index in [-0.39, 0.29) is 5.56 Å². The Kier molecular flexibility index (Phi) is 4.60. The number of carboxylic acids is 1. The molecule has 22 heavy (non-hydrogen) atoms. The second-order valence-electron chi connectivity index (χ2n) is 5.14. The van der Waals surface area contributed by atoms with E-state index in [4.69, 9.17) is 4.74 Å². The van der Waals surface area contributed by atoms with Gasteiger partial charge in [0.2, 0.25) is 5.82 Å². The summed E-state index contributed by atoms with van der Waals surface area (Å²) in [7, 11) is 0. The van der Waals surface area contributed by atoms with Crippen LogP contribution in [0.2, 0.25) is 0 Å². The summed E-state index contributed by atoms with van der Waals surface area (Å²) in [5.74, 6) is -6.56. The van der Waals surface area contributed by atoms with Gasteiger partial charge >= 0.3 is 12.6 Å². The summed E-state index contributed by atoms with van der Waals surface area (Å²) < 4.78 is 61.4. The van der Waals surface area contributed by atoms with Crippen LogP contribution in [-0.2, 0) is 9.53 Å². The first-order chi connectivity index (χ1) is 10.2. The minimum absolute atomic E-state index is 0.150. The molecule has 0 amide bonds. The van der Waals surface area contributed by atoms with E-state index in [1.54, 1.807) is 13.8 Å². The quantitative estimate of drug-likeness (QED) is 0.865. The maximum absolute atomic E-state index is 13.8. The van der Waals surface area contributed by atoms with Gasteiger partial charge in [-0.25, -0.2) is 9.18 Å². The van der Waals surface area contributed by atoms with Gasteiger partial charge in [-0.1, -0.05) is 13.0 Å². The molecule has 122 valence electrons. The van der Waals surface area contributed by atoms with Gasteiger partial charge in [-0.3, -0.25) is 0 Å². The lowest BCUT2D eigenvalue weighted by atomic mass is 9.82. The summed E-state index contributed by atoms with van der Waals surface area (Å²) in [5, 5.41) is 9.20. The maximum Gasteiger partial charge on any atom is 0.387 e. The van der Waals surface area contributed by atoms with Crippen LogP contribution in [-0.4, -0.2) is 29.9 Å². The SMILES string of the molecule is C[C@H]1O[C@@H](C(=O)O)C(c2ccc(F)c(F)c2OC(F)F)[C@@H]1C. The topological polar surface area (TPSA) is 55.8 Å². The Morgan fingerprint density at radius 3 is 2.50 bits per heavy atom. The number of carbonyl (C=O) groups is 1. The molecule has 1 aliphatic rings. The van der Waals surface area contributed by atoms with E-state index < -0.39 is 54.0 Å². The van der Waals surface area contributed by atoms with Gasteiger partial charge in [-0.2, -0.15) is 13.2 Å². The zero-order valence-electron chi connectivity index (χ0n) is 11.7. The van der Waals surface area contributed by atoms with Gasteiger partial charge in [0.1, 0.15) is 0 Å². The Balaban J connectivity index is 2.54. The zero-order valence-corrected chi connectivity index (χ0v) is 11.7. The average molecular weight is 322 g/mol. The summed E-state index contributed by atoms with van der Waals surface area (Å²) in [6.07, 6.45) is -1.84. The lowest BCUT2D eigenvalue weighted by Crippen LogP contribution is -2.27. The highest BCUT2D eigenvalue weighted by Crippen LogP contribution is 2.44. The molecule has 8 heteroatoms. The lowest BCUT2D eigenvalue weighted by molar-refractivity contribution is -0.149. The van der Waals surface area contributed by atoms with Crippen LogP contribution in [0.15, 0.2) is 12.1 Å². The number of hydrogen-bond donors (Lipinski definition) is 1. The van der Waals surface area contributed by atoms with Crippen LogP contribution in [0.3, 0.4) is 0 Å². The normalized spacial score (nSPS) is 28.1. The molecule has 1 heterocycles. The molecule has 1 saturated heterocycles. The third-order valence-corrected chi connectivity index (χ3v) is 3.88. The highest BCUT2D eigenvalue weighted by molar-refractivity contribution is 5.74. The molecule has 1 aromatic rings. The Hall–Kier alpha value is -1.83. The van der Waals surface area contributed by atoms with Crippen LogP contribution in [0.1, 0.15) is 25.3 Å². The number of alkyl halides is 2. The van der Waals surface area contributed by atoms with Gasteiger partial charge in [-0.15, -0.1) is 0 Å². The number of benzene rings is 1. The summed E-state index contributed by atoms with van der Waals surface area (Å²) >= 11 is 0. The van der Waals surface area contributed by atoms with E-state index in [0.717, 1.165) is 12.1 Å². The van der Waals surface area contributed by atoms with Crippen LogP contribution in [0.5, 0.6) is 5.75 Å². The number of hydrogen-bond acceptors (Lipinski definition) is 3. The fraction of sp³-hybridized carbons (Fsp3) is 0.500. The number of ether oxygens (including phenoxy) is 2. The van der Waals surface area contributed by atoms with Crippen molar-refractivity contribution >= 4 is 5.97 Å². The fourth-order valence-corrected chi connectivity index (χ4v) is 2.68. The smallest absolute Gasteiger partial charge is 0.387 e. The summed E-state index contributed by atoms with van der Waals surface area (Å²) in [6.45, 7) is -0.104. The molecule has 1 aromatic carbocycles. The average Bonchev–Trinajstić information content (AvgIpc) is 2.72. The van der Waals surface area contributed by atoms with E-state index in [9.17, 15) is 27.5 Å². The van der Waals surface area contributed by atoms with Gasteiger partial charge in [0.05, 0.1) is 6.10 Å².